The Morgan fingerprint density at radius 2 is 1.88 bits per heavy atom. The molecule has 0 spiro atoms. The first-order chi connectivity index (χ1) is 16.4. The molecule has 10 heteroatoms. The third-order valence-corrected chi connectivity index (χ3v) is 6.08. The highest BCUT2D eigenvalue weighted by Gasteiger charge is 2.35. The van der Waals surface area contributed by atoms with E-state index >= 15 is 0 Å². The van der Waals surface area contributed by atoms with Crippen LogP contribution in [0.3, 0.4) is 0 Å². The number of aryl methyl sites for hydroxylation is 1. The van der Waals surface area contributed by atoms with Crippen LogP contribution in [-0.2, 0) is 14.4 Å². The number of hydrogen-bond acceptors (Lipinski definition) is 6. The molecule has 2 fully saturated rings. The molecule has 1 aromatic carbocycles. The second-order valence-corrected chi connectivity index (χ2v) is 8.56. The Balaban J connectivity index is 1.31. The largest absolute Gasteiger partial charge is 0.459 e. The number of carbonyl (C=O) groups excluding carboxylic acids is 4. The SMILES string of the molecule is Cc1cccc(NC(=O)C[C@H]2C(=O)NCCN2C(=O)CN2CCN(C(=O)c3ccco3)CC2)c1. The molecule has 0 radical (unpaired) electrons. The molecular weight excluding hydrogens is 438 g/mol. The second-order valence-electron chi connectivity index (χ2n) is 8.56. The number of nitrogens with zero attached hydrogens (tertiary/aromatic N) is 3. The van der Waals surface area contributed by atoms with Gasteiger partial charge >= 0.3 is 0 Å². The molecule has 2 aliphatic heterocycles. The van der Waals surface area contributed by atoms with Crippen molar-refractivity contribution in [3.05, 3.63) is 54.0 Å². The standard InChI is InChI=1S/C24H29N5O5/c1-17-4-2-5-18(14-17)26-21(30)15-19-23(32)25-7-8-29(19)22(31)16-27-9-11-28(12-10-27)24(33)20-6-3-13-34-20/h2-6,13-14,19H,7-12,15-16H2,1H3,(H,25,32)(H,26,30)/t19-/m0/s1. The number of piperazine rings is 2. The van der Waals surface area contributed by atoms with Gasteiger partial charge in [-0.3, -0.25) is 24.1 Å². The van der Waals surface area contributed by atoms with E-state index in [1.165, 1.54) is 11.2 Å². The van der Waals surface area contributed by atoms with Gasteiger partial charge in [-0.2, -0.15) is 0 Å². The van der Waals surface area contributed by atoms with Gasteiger partial charge in [-0.05, 0) is 36.8 Å². The molecule has 3 heterocycles. The van der Waals surface area contributed by atoms with Crippen LogP contribution < -0.4 is 10.6 Å². The number of amides is 4. The number of anilines is 1. The summed E-state index contributed by atoms with van der Waals surface area (Å²) >= 11 is 0. The van der Waals surface area contributed by atoms with E-state index in [9.17, 15) is 19.2 Å². The van der Waals surface area contributed by atoms with Crippen molar-refractivity contribution in [3.8, 4) is 0 Å². The van der Waals surface area contributed by atoms with Crippen LogP contribution in [0.5, 0.6) is 0 Å². The zero-order chi connectivity index (χ0) is 24.1. The molecule has 0 aliphatic carbocycles. The quantitative estimate of drug-likeness (QED) is 0.646. The lowest BCUT2D eigenvalue weighted by atomic mass is 10.1. The van der Waals surface area contributed by atoms with Crippen molar-refractivity contribution in [1.29, 1.82) is 0 Å². The molecule has 1 atom stereocenters. The van der Waals surface area contributed by atoms with Gasteiger partial charge in [-0.25, -0.2) is 0 Å². The average molecular weight is 468 g/mol. The van der Waals surface area contributed by atoms with Crippen LogP contribution in [0.2, 0.25) is 0 Å². The first kappa shape index (κ1) is 23.5. The molecular formula is C24H29N5O5. The van der Waals surface area contributed by atoms with Crippen molar-refractivity contribution in [1.82, 2.24) is 20.0 Å². The minimum atomic E-state index is -0.854. The molecule has 2 aromatic rings. The van der Waals surface area contributed by atoms with Gasteiger partial charge < -0.3 is 24.9 Å². The molecule has 0 saturated carbocycles. The minimum Gasteiger partial charge on any atom is -0.459 e. The first-order valence-electron chi connectivity index (χ1n) is 11.4. The Morgan fingerprint density at radius 3 is 2.59 bits per heavy atom. The van der Waals surface area contributed by atoms with Crippen molar-refractivity contribution in [2.75, 3.05) is 51.1 Å². The first-order valence-corrected chi connectivity index (χ1v) is 11.4. The molecule has 2 aliphatic rings. The van der Waals surface area contributed by atoms with Gasteiger partial charge in [0.2, 0.25) is 17.7 Å². The Hall–Kier alpha value is -3.66. The van der Waals surface area contributed by atoms with Crippen LogP contribution in [0.15, 0.2) is 47.1 Å². The number of rotatable bonds is 6. The van der Waals surface area contributed by atoms with Crippen LogP contribution in [0.25, 0.3) is 0 Å². The molecule has 0 unspecified atom stereocenters. The van der Waals surface area contributed by atoms with E-state index in [4.69, 9.17) is 4.42 Å². The Labute approximate surface area is 197 Å². The fraction of sp³-hybridized carbons (Fsp3) is 0.417. The molecule has 2 N–H and O–H groups in total. The zero-order valence-electron chi connectivity index (χ0n) is 19.2. The summed E-state index contributed by atoms with van der Waals surface area (Å²) in [6.45, 7) is 4.80. The van der Waals surface area contributed by atoms with E-state index < -0.39 is 6.04 Å². The summed E-state index contributed by atoms with van der Waals surface area (Å²) in [6.07, 6.45) is 1.35. The van der Waals surface area contributed by atoms with Crippen molar-refractivity contribution in [3.63, 3.8) is 0 Å². The van der Waals surface area contributed by atoms with Gasteiger partial charge in [0.25, 0.3) is 5.91 Å². The highest BCUT2D eigenvalue weighted by Crippen LogP contribution is 2.15. The molecule has 34 heavy (non-hydrogen) atoms. The van der Waals surface area contributed by atoms with Gasteiger partial charge in [0, 0.05) is 45.0 Å². The number of benzene rings is 1. The van der Waals surface area contributed by atoms with Crippen LogP contribution in [0.4, 0.5) is 5.69 Å². The molecule has 10 nitrogen and oxygen atoms in total. The van der Waals surface area contributed by atoms with E-state index in [1.807, 2.05) is 30.0 Å². The molecule has 1 aromatic heterocycles. The van der Waals surface area contributed by atoms with E-state index in [2.05, 4.69) is 10.6 Å². The van der Waals surface area contributed by atoms with Crippen LogP contribution in [0.1, 0.15) is 22.5 Å². The number of nitrogens with one attached hydrogen (secondary N) is 2. The Morgan fingerprint density at radius 1 is 1.09 bits per heavy atom. The maximum absolute atomic E-state index is 13.1. The molecule has 2 saturated heterocycles. The highest BCUT2D eigenvalue weighted by molar-refractivity contribution is 5.97. The third kappa shape index (κ3) is 5.63. The predicted octanol–water partition coefficient (Wildman–Crippen LogP) is 0.702. The fourth-order valence-electron chi connectivity index (χ4n) is 4.27. The topological polar surface area (TPSA) is 115 Å². The summed E-state index contributed by atoms with van der Waals surface area (Å²) in [5, 5.41) is 5.56. The van der Waals surface area contributed by atoms with E-state index in [-0.39, 0.29) is 36.6 Å². The average Bonchev–Trinajstić information content (AvgIpc) is 3.35. The lowest BCUT2D eigenvalue weighted by Crippen LogP contribution is -2.60. The summed E-state index contributed by atoms with van der Waals surface area (Å²) in [7, 11) is 0. The lowest BCUT2D eigenvalue weighted by Gasteiger charge is -2.38. The van der Waals surface area contributed by atoms with Gasteiger partial charge in [0.15, 0.2) is 5.76 Å². The summed E-state index contributed by atoms with van der Waals surface area (Å²) in [4.78, 5) is 55.8. The monoisotopic (exact) mass is 467 g/mol. The lowest BCUT2D eigenvalue weighted by molar-refractivity contribution is -0.145. The van der Waals surface area contributed by atoms with Crippen LogP contribution in [0, 0.1) is 6.92 Å². The second kappa shape index (κ2) is 10.5. The van der Waals surface area contributed by atoms with E-state index in [0.717, 1.165) is 5.56 Å². The van der Waals surface area contributed by atoms with Crippen LogP contribution in [-0.4, -0.2) is 90.2 Å². The van der Waals surface area contributed by atoms with Crippen molar-refractivity contribution < 1.29 is 23.6 Å². The molecule has 180 valence electrons. The predicted molar refractivity (Wildman–Crippen MR) is 124 cm³/mol. The Bertz CT molecular complexity index is 1050. The van der Waals surface area contributed by atoms with Gasteiger partial charge in [-0.1, -0.05) is 12.1 Å². The maximum Gasteiger partial charge on any atom is 0.289 e. The minimum absolute atomic E-state index is 0.114. The molecule has 0 bridgehead atoms. The van der Waals surface area contributed by atoms with Crippen molar-refractivity contribution >= 4 is 29.3 Å². The smallest absolute Gasteiger partial charge is 0.289 e. The zero-order valence-corrected chi connectivity index (χ0v) is 19.2. The number of carbonyl (C=O) groups is 4. The van der Waals surface area contributed by atoms with Crippen LogP contribution >= 0.6 is 0 Å². The van der Waals surface area contributed by atoms with Crippen molar-refractivity contribution in [2.45, 2.75) is 19.4 Å². The van der Waals surface area contributed by atoms with Gasteiger partial charge in [0.05, 0.1) is 19.2 Å². The Kier molecular flexibility index (Phi) is 7.27. The summed E-state index contributed by atoms with van der Waals surface area (Å²) in [5.74, 6) is -0.712. The molecule has 4 amide bonds. The van der Waals surface area contributed by atoms with Crippen molar-refractivity contribution in [2.24, 2.45) is 0 Å². The normalized spacial score (nSPS) is 19.0. The highest BCUT2D eigenvalue weighted by atomic mass is 16.3. The summed E-state index contributed by atoms with van der Waals surface area (Å²) in [5.41, 5.74) is 1.66. The third-order valence-electron chi connectivity index (χ3n) is 6.08. The van der Waals surface area contributed by atoms with E-state index in [0.29, 0.717) is 50.7 Å². The number of furan rings is 1. The summed E-state index contributed by atoms with van der Waals surface area (Å²) < 4.78 is 5.18. The summed E-state index contributed by atoms with van der Waals surface area (Å²) in [6, 6.07) is 9.85. The fourth-order valence-corrected chi connectivity index (χ4v) is 4.27. The van der Waals surface area contributed by atoms with E-state index in [1.54, 1.807) is 23.1 Å². The van der Waals surface area contributed by atoms with Gasteiger partial charge in [-0.15, -0.1) is 0 Å². The molecule has 4 rings (SSSR count). The maximum atomic E-state index is 13.1. The van der Waals surface area contributed by atoms with Gasteiger partial charge in [0.1, 0.15) is 6.04 Å². The number of hydrogen-bond donors (Lipinski definition) is 2.